The smallest absolute Gasteiger partial charge is 0.264 e. The molecule has 24 heavy (non-hydrogen) atoms. The topological polar surface area (TPSA) is 50.7 Å². The Morgan fingerprint density at radius 1 is 1.25 bits per heavy atom. The molecule has 0 aliphatic carbocycles. The summed E-state index contributed by atoms with van der Waals surface area (Å²) < 4.78 is 0. The summed E-state index contributed by atoms with van der Waals surface area (Å²) in [6.07, 6.45) is 0.634. The van der Waals surface area contributed by atoms with E-state index in [0.717, 1.165) is 16.8 Å². The maximum Gasteiger partial charge on any atom is 0.264 e. The molecule has 0 aromatic heterocycles. The molecule has 2 aromatic rings. The second kappa shape index (κ2) is 7.49. The number of carbonyl (C=O) groups excluding carboxylic acids is 1. The molecule has 5 heteroatoms. The molecule has 1 aliphatic rings. The predicted molar refractivity (Wildman–Crippen MR) is 95.1 cm³/mol. The molecule has 1 amide bonds. The summed E-state index contributed by atoms with van der Waals surface area (Å²) in [5.74, 6) is -0.172. The maximum atomic E-state index is 12.4. The molecule has 124 valence electrons. The first-order valence-electron chi connectivity index (χ1n) is 7.94. The van der Waals surface area contributed by atoms with Crippen LogP contribution < -0.4 is 5.32 Å². The van der Waals surface area contributed by atoms with Crippen molar-refractivity contribution in [2.75, 3.05) is 0 Å². The zero-order chi connectivity index (χ0) is 16.9. The van der Waals surface area contributed by atoms with E-state index in [1.807, 2.05) is 61.5 Å². The van der Waals surface area contributed by atoms with Gasteiger partial charge in [0.05, 0.1) is 11.8 Å². The molecule has 4 nitrogen and oxygen atoms in total. The molecule has 3 rings (SSSR count). The van der Waals surface area contributed by atoms with E-state index in [-0.39, 0.29) is 11.9 Å². The highest BCUT2D eigenvalue weighted by molar-refractivity contribution is 6.31. The van der Waals surface area contributed by atoms with Gasteiger partial charge in [-0.2, -0.15) is 0 Å². The standard InChI is InChI=1S/C19H19ClN2O2/c1-13(16-9-5-6-10-17(16)20)21-19(23)18-12-15(22-24-18)11-14-7-3-2-4-8-14/h2-10,13,18H,11-12H2,1H3,(H,21,23)/t13-,18-/m1/s1. The number of halogens is 1. The van der Waals surface area contributed by atoms with Crippen LogP contribution in [0.2, 0.25) is 5.02 Å². The number of benzene rings is 2. The van der Waals surface area contributed by atoms with E-state index in [1.165, 1.54) is 0 Å². The van der Waals surface area contributed by atoms with Gasteiger partial charge in [0.15, 0.2) is 0 Å². The normalized spacial score (nSPS) is 17.8. The number of carbonyl (C=O) groups is 1. The fourth-order valence-corrected chi connectivity index (χ4v) is 3.01. The van der Waals surface area contributed by atoms with E-state index < -0.39 is 6.10 Å². The van der Waals surface area contributed by atoms with Gasteiger partial charge in [-0.05, 0) is 24.1 Å². The minimum absolute atomic E-state index is 0.172. The van der Waals surface area contributed by atoms with Gasteiger partial charge in [-0.3, -0.25) is 4.79 Å². The summed E-state index contributed by atoms with van der Waals surface area (Å²) in [5.41, 5.74) is 2.92. The third-order valence-corrected chi connectivity index (χ3v) is 4.35. The van der Waals surface area contributed by atoms with Crippen LogP contribution in [0, 0.1) is 0 Å². The van der Waals surface area contributed by atoms with Gasteiger partial charge >= 0.3 is 0 Å². The van der Waals surface area contributed by atoms with E-state index in [0.29, 0.717) is 17.9 Å². The minimum atomic E-state index is -0.575. The van der Waals surface area contributed by atoms with Crippen LogP contribution in [0.4, 0.5) is 0 Å². The molecule has 0 saturated carbocycles. The van der Waals surface area contributed by atoms with Crippen molar-refractivity contribution in [1.82, 2.24) is 5.32 Å². The zero-order valence-electron chi connectivity index (χ0n) is 13.4. The Balaban J connectivity index is 1.55. The SMILES string of the molecule is C[C@@H](NC(=O)[C@H]1CC(Cc2ccccc2)=NO1)c1ccccc1Cl. The molecule has 0 spiro atoms. The summed E-state index contributed by atoms with van der Waals surface area (Å²) >= 11 is 6.17. The fraction of sp³-hybridized carbons (Fsp3) is 0.263. The summed E-state index contributed by atoms with van der Waals surface area (Å²) in [4.78, 5) is 17.7. The van der Waals surface area contributed by atoms with Crippen molar-refractivity contribution in [3.05, 3.63) is 70.7 Å². The molecule has 1 aliphatic heterocycles. The number of amides is 1. The largest absolute Gasteiger partial charge is 0.382 e. The maximum absolute atomic E-state index is 12.4. The van der Waals surface area contributed by atoms with E-state index in [1.54, 1.807) is 0 Å². The summed E-state index contributed by atoms with van der Waals surface area (Å²) in [7, 11) is 0. The Bertz CT molecular complexity index is 746. The van der Waals surface area contributed by atoms with Crippen molar-refractivity contribution >= 4 is 23.2 Å². The van der Waals surface area contributed by atoms with Crippen molar-refractivity contribution < 1.29 is 9.63 Å². The Kier molecular flexibility index (Phi) is 5.16. The third kappa shape index (κ3) is 3.95. The van der Waals surface area contributed by atoms with E-state index in [4.69, 9.17) is 16.4 Å². The number of nitrogens with zero attached hydrogens (tertiary/aromatic N) is 1. The van der Waals surface area contributed by atoms with Crippen molar-refractivity contribution in [3.8, 4) is 0 Å². The van der Waals surface area contributed by atoms with E-state index >= 15 is 0 Å². The lowest BCUT2D eigenvalue weighted by Crippen LogP contribution is -2.36. The van der Waals surface area contributed by atoms with Gasteiger partial charge in [-0.1, -0.05) is 65.3 Å². The lowest BCUT2D eigenvalue weighted by atomic mass is 10.0. The second-order valence-corrected chi connectivity index (χ2v) is 6.28. The third-order valence-electron chi connectivity index (χ3n) is 4.00. The van der Waals surface area contributed by atoms with Gasteiger partial charge < -0.3 is 10.2 Å². The zero-order valence-corrected chi connectivity index (χ0v) is 14.2. The van der Waals surface area contributed by atoms with Crippen LogP contribution in [0.15, 0.2) is 59.8 Å². The van der Waals surface area contributed by atoms with Gasteiger partial charge in [-0.15, -0.1) is 0 Å². The molecule has 0 radical (unpaired) electrons. The van der Waals surface area contributed by atoms with Crippen LogP contribution in [0.1, 0.15) is 30.5 Å². The lowest BCUT2D eigenvalue weighted by Gasteiger charge is -2.17. The predicted octanol–water partition coefficient (Wildman–Crippen LogP) is 3.90. The van der Waals surface area contributed by atoms with Crippen molar-refractivity contribution in [3.63, 3.8) is 0 Å². The molecule has 0 unspecified atom stereocenters. The molecule has 0 bridgehead atoms. The van der Waals surface area contributed by atoms with Crippen LogP contribution in [-0.4, -0.2) is 17.7 Å². The van der Waals surface area contributed by atoms with Crippen molar-refractivity contribution in [2.24, 2.45) is 5.16 Å². The summed E-state index contributed by atoms with van der Waals surface area (Å²) in [6, 6.07) is 17.3. The summed E-state index contributed by atoms with van der Waals surface area (Å²) in [6.45, 7) is 1.90. The van der Waals surface area contributed by atoms with Crippen LogP contribution in [-0.2, 0) is 16.1 Å². The number of rotatable bonds is 5. The fourth-order valence-electron chi connectivity index (χ4n) is 2.71. The van der Waals surface area contributed by atoms with Crippen LogP contribution >= 0.6 is 11.6 Å². The highest BCUT2D eigenvalue weighted by atomic mass is 35.5. The van der Waals surface area contributed by atoms with Crippen LogP contribution in [0.3, 0.4) is 0 Å². The van der Waals surface area contributed by atoms with E-state index in [9.17, 15) is 4.79 Å². The van der Waals surface area contributed by atoms with Gasteiger partial charge in [0, 0.05) is 17.9 Å². The lowest BCUT2D eigenvalue weighted by molar-refractivity contribution is -0.131. The average Bonchev–Trinajstić information content (AvgIpc) is 3.04. The molecule has 0 saturated heterocycles. The first-order chi connectivity index (χ1) is 11.6. The molecule has 0 fully saturated rings. The van der Waals surface area contributed by atoms with Gasteiger partial charge in [0.25, 0.3) is 5.91 Å². The van der Waals surface area contributed by atoms with E-state index in [2.05, 4.69) is 10.5 Å². The van der Waals surface area contributed by atoms with Crippen LogP contribution in [0.25, 0.3) is 0 Å². The van der Waals surface area contributed by atoms with Gasteiger partial charge in [-0.25, -0.2) is 0 Å². The molecular weight excluding hydrogens is 324 g/mol. The molecule has 1 heterocycles. The minimum Gasteiger partial charge on any atom is -0.382 e. The van der Waals surface area contributed by atoms with Crippen LogP contribution in [0.5, 0.6) is 0 Å². The number of hydrogen-bond acceptors (Lipinski definition) is 3. The first kappa shape index (κ1) is 16.5. The van der Waals surface area contributed by atoms with Gasteiger partial charge in [0.2, 0.25) is 6.10 Å². The van der Waals surface area contributed by atoms with Crippen molar-refractivity contribution in [1.29, 1.82) is 0 Å². The van der Waals surface area contributed by atoms with Gasteiger partial charge in [0.1, 0.15) is 0 Å². The monoisotopic (exact) mass is 342 g/mol. The quantitative estimate of drug-likeness (QED) is 0.895. The Hall–Kier alpha value is -2.33. The highest BCUT2D eigenvalue weighted by Crippen LogP contribution is 2.23. The number of nitrogens with one attached hydrogen (secondary N) is 1. The average molecular weight is 343 g/mol. The second-order valence-electron chi connectivity index (χ2n) is 5.87. The molecule has 2 atom stereocenters. The molecule has 2 aromatic carbocycles. The molecule has 1 N–H and O–H groups in total. The summed E-state index contributed by atoms with van der Waals surface area (Å²) in [5, 5.41) is 7.64. The first-order valence-corrected chi connectivity index (χ1v) is 8.31. The Morgan fingerprint density at radius 2 is 1.96 bits per heavy atom. The number of hydrogen-bond donors (Lipinski definition) is 1. The highest BCUT2D eigenvalue weighted by Gasteiger charge is 2.29. The number of oxime groups is 1. The Labute approximate surface area is 146 Å². The van der Waals surface area contributed by atoms with Crippen molar-refractivity contribution in [2.45, 2.75) is 31.9 Å². The Morgan fingerprint density at radius 3 is 2.71 bits per heavy atom. The molecular formula is C19H19ClN2O2.